The minimum absolute atomic E-state index is 0.0333. The molecule has 110 valence electrons. The highest BCUT2D eigenvalue weighted by atomic mass is 35.5. The number of carbonyl (C=O) groups excluding carboxylic acids is 1. The van der Waals surface area contributed by atoms with Crippen molar-refractivity contribution in [1.29, 1.82) is 0 Å². The summed E-state index contributed by atoms with van der Waals surface area (Å²) in [6.45, 7) is 3.78. The lowest BCUT2D eigenvalue weighted by atomic mass is 10.2. The van der Waals surface area contributed by atoms with E-state index in [9.17, 15) is 14.9 Å². The normalized spacial score (nSPS) is 11.8. The largest absolute Gasteiger partial charge is 0.471 e. The van der Waals surface area contributed by atoms with Crippen LogP contribution in [0, 0.1) is 10.1 Å². The predicted molar refractivity (Wildman–Crippen MR) is 74.1 cm³/mol. The van der Waals surface area contributed by atoms with Crippen LogP contribution in [0.4, 0.5) is 5.69 Å². The van der Waals surface area contributed by atoms with Gasteiger partial charge in [-0.15, -0.1) is 0 Å². The maximum atomic E-state index is 11.8. The van der Waals surface area contributed by atoms with E-state index in [-0.39, 0.29) is 18.0 Å². The van der Waals surface area contributed by atoms with Gasteiger partial charge in [-0.1, -0.05) is 24.9 Å². The molecule has 0 bridgehead atoms. The van der Waals surface area contributed by atoms with E-state index in [1.165, 1.54) is 18.2 Å². The number of rotatable bonds is 7. The van der Waals surface area contributed by atoms with E-state index in [1.54, 1.807) is 6.92 Å². The molecule has 0 aliphatic heterocycles. The molecule has 1 rings (SSSR count). The van der Waals surface area contributed by atoms with Crippen molar-refractivity contribution in [1.82, 2.24) is 0 Å². The summed E-state index contributed by atoms with van der Waals surface area (Å²) in [5, 5.41) is 11.2. The SMILES string of the molecule is CCCC(Oc1cc(Cl)ccc1[N+](=O)[O-])C(=O)OCC. The number of carbonyl (C=O) groups is 1. The second-order valence-corrected chi connectivity index (χ2v) is 4.45. The highest BCUT2D eigenvalue weighted by molar-refractivity contribution is 6.30. The molecule has 0 saturated heterocycles. The molecule has 7 heteroatoms. The van der Waals surface area contributed by atoms with E-state index in [0.717, 1.165) is 0 Å². The second-order valence-electron chi connectivity index (χ2n) is 4.02. The van der Waals surface area contributed by atoms with E-state index >= 15 is 0 Å². The molecule has 0 aliphatic rings. The Kier molecular flexibility index (Phi) is 6.24. The predicted octanol–water partition coefficient (Wildman–Crippen LogP) is 3.36. The minimum atomic E-state index is -0.878. The molecule has 20 heavy (non-hydrogen) atoms. The van der Waals surface area contributed by atoms with Gasteiger partial charge < -0.3 is 9.47 Å². The fourth-order valence-corrected chi connectivity index (χ4v) is 1.77. The monoisotopic (exact) mass is 301 g/mol. The maximum Gasteiger partial charge on any atom is 0.347 e. The molecule has 1 aromatic carbocycles. The summed E-state index contributed by atoms with van der Waals surface area (Å²) < 4.78 is 10.3. The zero-order valence-electron chi connectivity index (χ0n) is 11.3. The maximum absolute atomic E-state index is 11.8. The van der Waals surface area contributed by atoms with Gasteiger partial charge in [-0.25, -0.2) is 4.79 Å². The zero-order valence-corrected chi connectivity index (χ0v) is 12.1. The third-order valence-corrected chi connectivity index (χ3v) is 2.72. The topological polar surface area (TPSA) is 78.7 Å². The zero-order chi connectivity index (χ0) is 15.1. The molecule has 0 N–H and O–H groups in total. The van der Waals surface area contributed by atoms with Gasteiger partial charge in [0.05, 0.1) is 11.5 Å². The van der Waals surface area contributed by atoms with Gasteiger partial charge in [0, 0.05) is 17.2 Å². The van der Waals surface area contributed by atoms with Gasteiger partial charge in [0.25, 0.3) is 0 Å². The van der Waals surface area contributed by atoms with Crippen LogP contribution < -0.4 is 4.74 Å². The lowest BCUT2D eigenvalue weighted by Crippen LogP contribution is -2.29. The van der Waals surface area contributed by atoms with Crippen LogP contribution in [0.1, 0.15) is 26.7 Å². The van der Waals surface area contributed by atoms with Crippen LogP contribution in [-0.2, 0) is 9.53 Å². The summed E-state index contributed by atoms with van der Waals surface area (Å²) in [5.74, 6) is -0.572. The molecule has 0 amide bonds. The number of hydrogen-bond acceptors (Lipinski definition) is 5. The van der Waals surface area contributed by atoms with Crippen molar-refractivity contribution in [2.45, 2.75) is 32.8 Å². The molecule has 0 aromatic heterocycles. The van der Waals surface area contributed by atoms with Gasteiger partial charge in [-0.2, -0.15) is 0 Å². The lowest BCUT2D eigenvalue weighted by Gasteiger charge is -2.17. The van der Waals surface area contributed by atoms with E-state index in [1.807, 2.05) is 6.92 Å². The first-order valence-corrected chi connectivity index (χ1v) is 6.64. The summed E-state index contributed by atoms with van der Waals surface area (Å²) in [6.07, 6.45) is 0.206. The van der Waals surface area contributed by atoms with Crippen molar-refractivity contribution >= 4 is 23.3 Å². The molecule has 1 aromatic rings. The van der Waals surface area contributed by atoms with Crippen molar-refractivity contribution in [2.24, 2.45) is 0 Å². The third kappa shape index (κ3) is 4.38. The number of benzene rings is 1. The van der Waals surface area contributed by atoms with Gasteiger partial charge >= 0.3 is 11.7 Å². The van der Waals surface area contributed by atoms with E-state index < -0.39 is 17.0 Å². The highest BCUT2D eigenvalue weighted by Gasteiger charge is 2.25. The smallest absolute Gasteiger partial charge is 0.347 e. The number of nitrogens with zero attached hydrogens (tertiary/aromatic N) is 1. The number of hydrogen-bond donors (Lipinski definition) is 0. The van der Waals surface area contributed by atoms with Crippen LogP contribution in [0.25, 0.3) is 0 Å². The van der Waals surface area contributed by atoms with E-state index in [2.05, 4.69) is 0 Å². The Labute approximate surface area is 121 Å². The third-order valence-electron chi connectivity index (χ3n) is 2.49. The van der Waals surface area contributed by atoms with Crippen LogP contribution in [0.5, 0.6) is 5.75 Å². The van der Waals surface area contributed by atoms with Crippen molar-refractivity contribution in [3.05, 3.63) is 33.3 Å². The number of nitro groups is 1. The van der Waals surface area contributed by atoms with Gasteiger partial charge in [0.1, 0.15) is 0 Å². The van der Waals surface area contributed by atoms with Gasteiger partial charge in [-0.3, -0.25) is 10.1 Å². The Morgan fingerprint density at radius 3 is 2.70 bits per heavy atom. The number of nitro benzene ring substituents is 1. The standard InChI is InChI=1S/C13H16ClNO5/c1-3-5-11(13(16)19-4-2)20-12-8-9(14)6-7-10(12)15(17)18/h6-8,11H,3-5H2,1-2H3. The summed E-state index contributed by atoms with van der Waals surface area (Å²) in [7, 11) is 0. The molecule has 0 spiro atoms. The van der Waals surface area contributed by atoms with Crippen molar-refractivity contribution in [3.8, 4) is 5.75 Å². The number of ether oxygens (including phenoxy) is 2. The molecular formula is C13H16ClNO5. The van der Waals surface area contributed by atoms with Crippen molar-refractivity contribution in [3.63, 3.8) is 0 Å². The first-order valence-electron chi connectivity index (χ1n) is 6.26. The molecule has 0 aliphatic carbocycles. The quantitative estimate of drug-likeness (QED) is 0.438. The summed E-state index contributed by atoms with van der Waals surface area (Å²) in [5.41, 5.74) is -0.236. The van der Waals surface area contributed by atoms with Crippen molar-refractivity contribution < 1.29 is 19.2 Å². The molecule has 0 radical (unpaired) electrons. The van der Waals surface area contributed by atoms with E-state index in [0.29, 0.717) is 17.9 Å². The molecule has 0 fully saturated rings. The van der Waals surface area contributed by atoms with E-state index in [4.69, 9.17) is 21.1 Å². The second kappa shape index (κ2) is 7.69. The number of esters is 1. The van der Waals surface area contributed by atoms with Crippen molar-refractivity contribution in [2.75, 3.05) is 6.61 Å². The lowest BCUT2D eigenvalue weighted by molar-refractivity contribution is -0.386. The average molecular weight is 302 g/mol. The fraction of sp³-hybridized carbons (Fsp3) is 0.462. The first-order chi connectivity index (χ1) is 9.49. The Hall–Kier alpha value is -1.82. The summed E-state index contributed by atoms with van der Waals surface area (Å²) >= 11 is 5.80. The Morgan fingerprint density at radius 1 is 1.45 bits per heavy atom. The van der Waals surface area contributed by atoms with Crippen LogP contribution in [-0.4, -0.2) is 23.6 Å². The summed E-state index contributed by atoms with van der Waals surface area (Å²) in [4.78, 5) is 22.1. The first kappa shape index (κ1) is 16.2. The molecular weight excluding hydrogens is 286 g/mol. The minimum Gasteiger partial charge on any atom is -0.471 e. The van der Waals surface area contributed by atoms with Crippen LogP contribution >= 0.6 is 11.6 Å². The fourth-order valence-electron chi connectivity index (χ4n) is 1.61. The highest BCUT2D eigenvalue weighted by Crippen LogP contribution is 2.31. The average Bonchev–Trinajstić information content (AvgIpc) is 2.38. The Balaban J connectivity index is 3.00. The molecule has 0 heterocycles. The van der Waals surface area contributed by atoms with Crippen LogP contribution in [0.3, 0.4) is 0 Å². The van der Waals surface area contributed by atoms with Gasteiger partial charge in [0.2, 0.25) is 0 Å². The molecule has 1 atom stereocenters. The van der Waals surface area contributed by atoms with Gasteiger partial charge in [-0.05, 0) is 19.4 Å². The summed E-state index contributed by atoms with van der Waals surface area (Å²) in [6, 6.07) is 3.96. The number of halogens is 1. The van der Waals surface area contributed by atoms with Crippen LogP contribution in [0.2, 0.25) is 5.02 Å². The Morgan fingerprint density at radius 2 is 2.15 bits per heavy atom. The van der Waals surface area contributed by atoms with Crippen LogP contribution in [0.15, 0.2) is 18.2 Å². The molecule has 0 saturated carbocycles. The molecule has 1 unspecified atom stereocenters. The molecule has 6 nitrogen and oxygen atoms in total. The van der Waals surface area contributed by atoms with Gasteiger partial charge in [0.15, 0.2) is 11.9 Å². The Bertz CT molecular complexity index is 492.